The van der Waals surface area contributed by atoms with Crippen LogP contribution in [0, 0.1) is 0 Å². The van der Waals surface area contributed by atoms with Crippen LogP contribution >= 0.6 is 11.6 Å². The Bertz CT molecular complexity index is 653. The van der Waals surface area contributed by atoms with E-state index in [0.717, 1.165) is 11.8 Å². The number of fused-ring (bicyclic) bond motifs is 1. The molecule has 116 valence electrons. The lowest BCUT2D eigenvalue weighted by molar-refractivity contribution is -0.160. The van der Waals surface area contributed by atoms with Crippen molar-refractivity contribution in [3.05, 3.63) is 11.3 Å². The molecule has 0 aromatic rings. The van der Waals surface area contributed by atoms with E-state index in [2.05, 4.69) is 0 Å². The molecule has 2 aliphatic rings. The number of methoxy groups -OCH3 is 1. The number of allylic oxidation sites excluding steroid dienone is 1. The van der Waals surface area contributed by atoms with Gasteiger partial charge < -0.3 is 9.47 Å². The molecule has 8 nitrogen and oxygen atoms in total. The number of esters is 1. The van der Waals surface area contributed by atoms with Gasteiger partial charge in [0, 0.05) is 19.6 Å². The van der Waals surface area contributed by atoms with E-state index in [1.165, 1.54) is 7.11 Å². The molecule has 2 heterocycles. The van der Waals surface area contributed by atoms with Gasteiger partial charge >= 0.3 is 5.97 Å². The standard InChI is InChI=1S/C11H12ClNO7S/c1-5(14)20-3-6-4-21(17,18)11-8(19-2)10(16)13(11)7(6)9(12)15/h8,11H,3-4H2,1-2H3/t8-,11+/m0/s1. The predicted molar refractivity (Wildman–Crippen MR) is 69.7 cm³/mol. The van der Waals surface area contributed by atoms with Gasteiger partial charge in [-0.15, -0.1) is 0 Å². The van der Waals surface area contributed by atoms with Crippen molar-refractivity contribution in [1.82, 2.24) is 4.90 Å². The van der Waals surface area contributed by atoms with E-state index in [1.54, 1.807) is 0 Å². The molecular weight excluding hydrogens is 326 g/mol. The van der Waals surface area contributed by atoms with Gasteiger partial charge in [0.2, 0.25) is 0 Å². The first-order valence-electron chi connectivity index (χ1n) is 5.83. The zero-order valence-electron chi connectivity index (χ0n) is 11.2. The minimum Gasteiger partial charge on any atom is -0.461 e. The molecule has 1 fully saturated rings. The Labute approximate surface area is 125 Å². The molecule has 1 amide bonds. The molecule has 21 heavy (non-hydrogen) atoms. The van der Waals surface area contributed by atoms with Gasteiger partial charge in [-0.2, -0.15) is 0 Å². The lowest BCUT2D eigenvalue weighted by Crippen LogP contribution is -2.70. The number of ether oxygens (including phenoxy) is 2. The van der Waals surface area contributed by atoms with Crippen molar-refractivity contribution in [2.75, 3.05) is 19.5 Å². The Morgan fingerprint density at radius 1 is 1.43 bits per heavy atom. The maximum Gasteiger partial charge on any atom is 0.302 e. The molecule has 0 N–H and O–H groups in total. The average molecular weight is 338 g/mol. The molecule has 0 aromatic heterocycles. The SMILES string of the molecule is CO[C@H]1C(=O)N2C(C(=O)Cl)=C(COC(C)=O)CS(=O)(=O)[C@H]12. The van der Waals surface area contributed by atoms with Crippen LogP contribution in [0.1, 0.15) is 6.92 Å². The summed E-state index contributed by atoms with van der Waals surface area (Å²) < 4.78 is 33.9. The highest BCUT2D eigenvalue weighted by Crippen LogP contribution is 2.38. The van der Waals surface area contributed by atoms with Crippen molar-refractivity contribution in [1.29, 1.82) is 0 Å². The van der Waals surface area contributed by atoms with Gasteiger partial charge in [-0.1, -0.05) is 0 Å². The maximum absolute atomic E-state index is 12.2. The van der Waals surface area contributed by atoms with E-state index in [4.69, 9.17) is 21.1 Å². The number of nitrogens with zero attached hydrogens (tertiary/aromatic N) is 1. The summed E-state index contributed by atoms with van der Waals surface area (Å²) in [5, 5.41) is -2.26. The van der Waals surface area contributed by atoms with Crippen LogP contribution in [0.25, 0.3) is 0 Å². The Morgan fingerprint density at radius 3 is 2.52 bits per heavy atom. The summed E-state index contributed by atoms with van der Waals surface area (Å²) in [6, 6.07) is 0. The molecular formula is C11H12ClNO7S. The highest BCUT2D eigenvalue weighted by atomic mass is 35.5. The minimum absolute atomic E-state index is 0.0237. The summed E-state index contributed by atoms with van der Waals surface area (Å²) in [6.45, 7) is 0.717. The lowest BCUT2D eigenvalue weighted by atomic mass is 10.1. The molecule has 10 heteroatoms. The van der Waals surface area contributed by atoms with E-state index in [9.17, 15) is 22.8 Å². The Hall–Kier alpha value is -1.45. The monoisotopic (exact) mass is 337 g/mol. The quantitative estimate of drug-likeness (QED) is 0.375. The first-order valence-corrected chi connectivity index (χ1v) is 7.92. The molecule has 2 aliphatic heterocycles. The second-order valence-corrected chi connectivity index (χ2v) is 7.01. The number of carbonyl (C=O) groups excluding carboxylic acids is 3. The third-order valence-electron chi connectivity index (χ3n) is 3.20. The Morgan fingerprint density at radius 2 is 2.05 bits per heavy atom. The molecule has 0 saturated carbocycles. The van der Waals surface area contributed by atoms with Gasteiger partial charge in [-0.3, -0.25) is 19.3 Å². The molecule has 0 aromatic carbocycles. The van der Waals surface area contributed by atoms with Crippen molar-refractivity contribution in [2.45, 2.75) is 18.4 Å². The third-order valence-corrected chi connectivity index (χ3v) is 5.33. The van der Waals surface area contributed by atoms with Gasteiger partial charge in [-0.25, -0.2) is 8.42 Å². The minimum atomic E-state index is -3.76. The molecule has 1 saturated heterocycles. The molecule has 0 spiro atoms. The first kappa shape index (κ1) is 15.9. The van der Waals surface area contributed by atoms with Gasteiger partial charge in [0.1, 0.15) is 12.3 Å². The topological polar surface area (TPSA) is 107 Å². The summed E-state index contributed by atoms with van der Waals surface area (Å²) in [5.41, 5.74) is -0.277. The fourth-order valence-corrected chi connectivity index (χ4v) is 4.58. The normalized spacial score (nSPS) is 27.0. The second-order valence-electron chi connectivity index (χ2n) is 4.57. The average Bonchev–Trinajstić information content (AvgIpc) is 2.36. The number of halogens is 1. The molecule has 0 radical (unpaired) electrons. The number of hydrogen-bond donors (Lipinski definition) is 0. The zero-order valence-corrected chi connectivity index (χ0v) is 12.7. The highest BCUT2D eigenvalue weighted by Gasteiger charge is 2.60. The number of carbonyl (C=O) groups is 3. The van der Waals surface area contributed by atoms with E-state index in [-0.39, 0.29) is 11.3 Å². The second kappa shape index (κ2) is 5.39. The van der Waals surface area contributed by atoms with E-state index < -0.39 is 50.8 Å². The molecule has 0 bridgehead atoms. The van der Waals surface area contributed by atoms with Crippen LogP contribution in [-0.2, 0) is 33.7 Å². The molecule has 2 rings (SSSR count). The van der Waals surface area contributed by atoms with E-state index in [0.29, 0.717) is 0 Å². The summed E-state index contributed by atoms with van der Waals surface area (Å²) in [4.78, 5) is 35.1. The van der Waals surface area contributed by atoms with Crippen LogP contribution in [0.4, 0.5) is 0 Å². The van der Waals surface area contributed by atoms with E-state index in [1.807, 2.05) is 0 Å². The van der Waals surface area contributed by atoms with Gasteiger partial charge in [0.05, 0.1) is 5.75 Å². The molecule has 0 unspecified atom stereocenters. The first-order chi connectivity index (χ1) is 9.70. The third kappa shape index (κ3) is 2.56. The molecule has 0 aliphatic carbocycles. The van der Waals surface area contributed by atoms with E-state index >= 15 is 0 Å². The predicted octanol–water partition coefficient (Wildman–Crippen LogP) is -0.819. The van der Waals surface area contributed by atoms with Crippen LogP contribution in [0.5, 0.6) is 0 Å². The zero-order chi connectivity index (χ0) is 15.9. The number of rotatable bonds is 4. The van der Waals surface area contributed by atoms with Crippen LogP contribution in [0.15, 0.2) is 11.3 Å². The van der Waals surface area contributed by atoms with Crippen molar-refractivity contribution >= 4 is 38.6 Å². The van der Waals surface area contributed by atoms with Crippen LogP contribution < -0.4 is 0 Å². The number of amides is 1. The summed E-state index contributed by atoms with van der Waals surface area (Å²) in [6.07, 6.45) is -1.16. The van der Waals surface area contributed by atoms with Crippen molar-refractivity contribution in [2.24, 2.45) is 0 Å². The largest absolute Gasteiger partial charge is 0.461 e. The summed E-state index contributed by atoms with van der Waals surface area (Å²) in [5.74, 6) is -1.84. The van der Waals surface area contributed by atoms with Crippen LogP contribution in [0.2, 0.25) is 0 Å². The van der Waals surface area contributed by atoms with Crippen molar-refractivity contribution < 1.29 is 32.3 Å². The highest BCUT2D eigenvalue weighted by molar-refractivity contribution is 7.92. The fourth-order valence-electron chi connectivity index (χ4n) is 2.34. The summed E-state index contributed by atoms with van der Waals surface area (Å²) in [7, 11) is -2.56. The van der Waals surface area contributed by atoms with Crippen LogP contribution in [-0.4, -0.2) is 61.4 Å². The number of sulfone groups is 1. The summed E-state index contributed by atoms with van der Waals surface area (Å²) >= 11 is 5.44. The van der Waals surface area contributed by atoms with Crippen LogP contribution in [0.3, 0.4) is 0 Å². The van der Waals surface area contributed by atoms with Gasteiger partial charge in [-0.05, 0) is 11.6 Å². The smallest absolute Gasteiger partial charge is 0.302 e. The Balaban J connectivity index is 2.46. The number of β-lactam (4-membered cyclic amide) rings is 1. The number of hydrogen-bond acceptors (Lipinski definition) is 7. The maximum atomic E-state index is 12.2. The Kier molecular flexibility index (Phi) is 4.09. The lowest BCUT2D eigenvalue weighted by Gasteiger charge is -2.48. The van der Waals surface area contributed by atoms with Gasteiger partial charge in [0.25, 0.3) is 11.1 Å². The van der Waals surface area contributed by atoms with Crippen molar-refractivity contribution in [3.63, 3.8) is 0 Å². The fraction of sp³-hybridized carbons (Fsp3) is 0.545. The van der Waals surface area contributed by atoms with Gasteiger partial charge in [0.15, 0.2) is 21.3 Å². The van der Waals surface area contributed by atoms with Crippen molar-refractivity contribution in [3.8, 4) is 0 Å². The molecule has 2 atom stereocenters.